The number of methoxy groups -OCH3 is 2. The predicted octanol–water partition coefficient (Wildman–Crippen LogP) is 10.4. The quantitative estimate of drug-likeness (QED) is 0.0932. The molecule has 6 nitrogen and oxygen atoms in total. The van der Waals surface area contributed by atoms with E-state index in [2.05, 4.69) is 32.9 Å². The number of ether oxygens (including phenoxy) is 2. The van der Waals surface area contributed by atoms with E-state index in [1.165, 1.54) is 82.6 Å². The first-order valence-corrected chi connectivity index (χ1v) is 16.7. The molecule has 0 spiro atoms. The minimum atomic E-state index is -3.81. The molecule has 1 rings (SSSR count). The normalized spacial score (nSPS) is 12.1. The molecular weight excluding hydrogens is 499 g/mol. The van der Waals surface area contributed by atoms with Gasteiger partial charge in [-0.15, -0.1) is 0 Å². The summed E-state index contributed by atoms with van der Waals surface area (Å²) in [4.78, 5) is 0. The van der Waals surface area contributed by atoms with Crippen LogP contribution in [0, 0.1) is 0 Å². The molecule has 7 heteroatoms. The van der Waals surface area contributed by atoms with Crippen molar-refractivity contribution in [1.82, 2.24) is 0 Å². The number of hydrogen-bond donors (Lipinski definition) is 0. The van der Waals surface area contributed by atoms with Crippen LogP contribution in [0.3, 0.4) is 0 Å². The maximum Gasteiger partial charge on any atom is 0.530 e. The minimum absolute atomic E-state index is 0.0395. The van der Waals surface area contributed by atoms with Crippen molar-refractivity contribution in [2.24, 2.45) is 0 Å². The zero-order valence-electron chi connectivity index (χ0n) is 25.6. The Balaban J connectivity index is 3.56. The number of phosphoric ester groups is 1. The number of hydrogen-bond acceptors (Lipinski definition) is 6. The molecule has 0 amide bonds. The van der Waals surface area contributed by atoms with Crippen LogP contribution in [-0.2, 0) is 19.0 Å². The summed E-state index contributed by atoms with van der Waals surface area (Å²) in [6, 6.07) is 4.17. The van der Waals surface area contributed by atoms with Crippen molar-refractivity contribution in [1.29, 1.82) is 0 Å². The Morgan fingerprint density at radius 2 is 1.03 bits per heavy atom. The van der Waals surface area contributed by atoms with Gasteiger partial charge >= 0.3 is 7.82 Å². The molecule has 0 saturated heterocycles. The molecule has 0 aromatic heterocycles. The summed E-state index contributed by atoms with van der Waals surface area (Å²) in [5.41, 5.74) is 1.27. The smallest absolute Gasteiger partial charge is 0.493 e. The fourth-order valence-corrected chi connectivity index (χ4v) is 6.49. The van der Waals surface area contributed by atoms with Gasteiger partial charge in [-0.05, 0) is 56.2 Å². The third-order valence-corrected chi connectivity index (χ3v) is 8.93. The van der Waals surface area contributed by atoms with Gasteiger partial charge in [0.2, 0.25) is 5.75 Å². The second-order valence-electron chi connectivity index (χ2n) is 10.3. The Hall–Kier alpha value is -1.23. The summed E-state index contributed by atoms with van der Waals surface area (Å²) >= 11 is 0. The van der Waals surface area contributed by atoms with Gasteiger partial charge in [-0.1, -0.05) is 97.8 Å². The van der Waals surface area contributed by atoms with E-state index in [-0.39, 0.29) is 24.4 Å². The van der Waals surface area contributed by atoms with Gasteiger partial charge in [-0.25, -0.2) is 4.57 Å². The van der Waals surface area contributed by atoms with Crippen molar-refractivity contribution >= 4 is 7.82 Å². The van der Waals surface area contributed by atoms with E-state index < -0.39 is 7.82 Å². The second kappa shape index (κ2) is 19.8. The fourth-order valence-electron chi connectivity index (χ4n) is 5.27. The van der Waals surface area contributed by atoms with Crippen molar-refractivity contribution in [3.05, 3.63) is 17.7 Å². The average molecular weight is 557 g/mol. The van der Waals surface area contributed by atoms with Crippen molar-refractivity contribution in [3.63, 3.8) is 0 Å². The summed E-state index contributed by atoms with van der Waals surface area (Å²) in [7, 11) is -0.585. The Morgan fingerprint density at radius 1 is 0.632 bits per heavy atom. The third-order valence-electron chi connectivity index (χ3n) is 7.38. The van der Waals surface area contributed by atoms with Gasteiger partial charge in [-0.2, -0.15) is 0 Å². The van der Waals surface area contributed by atoms with Gasteiger partial charge in [-0.3, -0.25) is 9.05 Å². The lowest BCUT2D eigenvalue weighted by molar-refractivity contribution is 0.164. The van der Waals surface area contributed by atoms with Crippen LogP contribution in [0.4, 0.5) is 0 Å². The topological polar surface area (TPSA) is 63.2 Å². The summed E-state index contributed by atoms with van der Waals surface area (Å²) in [6.45, 7) is 10.7. The molecule has 0 aliphatic rings. The van der Waals surface area contributed by atoms with E-state index in [4.69, 9.17) is 23.0 Å². The lowest BCUT2D eigenvalue weighted by atomic mass is 9.69. The molecule has 0 saturated carbocycles. The van der Waals surface area contributed by atoms with Gasteiger partial charge in [0.15, 0.2) is 11.5 Å². The second-order valence-corrected chi connectivity index (χ2v) is 11.9. The van der Waals surface area contributed by atoms with Crippen molar-refractivity contribution < 1.29 is 27.6 Å². The van der Waals surface area contributed by atoms with Gasteiger partial charge in [0.1, 0.15) is 0 Å². The zero-order valence-corrected chi connectivity index (χ0v) is 26.5. The van der Waals surface area contributed by atoms with Crippen LogP contribution in [0.2, 0.25) is 0 Å². The monoisotopic (exact) mass is 556 g/mol. The van der Waals surface area contributed by atoms with E-state index in [0.29, 0.717) is 11.5 Å². The number of rotatable bonds is 24. The maximum atomic E-state index is 13.2. The Labute approximate surface area is 234 Å². The molecule has 0 unspecified atom stereocenters. The van der Waals surface area contributed by atoms with E-state index >= 15 is 0 Å². The van der Waals surface area contributed by atoms with Gasteiger partial charge in [0, 0.05) is 0 Å². The number of benzene rings is 1. The molecular formula is C31H57O6P. The van der Waals surface area contributed by atoms with Crippen LogP contribution in [0.25, 0.3) is 0 Å². The van der Waals surface area contributed by atoms with Gasteiger partial charge in [0.05, 0.1) is 27.4 Å². The van der Waals surface area contributed by atoms with E-state index in [1.54, 1.807) is 28.1 Å². The zero-order chi connectivity index (χ0) is 28.3. The third kappa shape index (κ3) is 11.5. The molecule has 0 fully saturated rings. The molecule has 1 aromatic carbocycles. The standard InChI is InChI=1S/C31H57O6P/c1-8-13-16-19-22-31(23-20-17-14-9-2,24-21-18-15-10-3)27-25-28(33-6)30(29(26-27)34-7)37-38(32,35-11-4)36-12-5/h25-26H,8-24H2,1-7H3. The summed E-state index contributed by atoms with van der Waals surface area (Å²) < 4.78 is 41.6. The molecule has 38 heavy (non-hydrogen) atoms. The summed E-state index contributed by atoms with van der Waals surface area (Å²) in [5.74, 6) is 1.26. The van der Waals surface area contributed by atoms with E-state index in [0.717, 1.165) is 19.3 Å². The minimum Gasteiger partial charge on any atom is -0.493 e. The molecule has 0 bridgehead atoms. The number of unbranched alkanes of at least 4 members (excludes halogenated alkanes) is 9. The summed E-state index contributed by atoms with van der Waals surface area (Å²) in [6.07, 6.45) is 18.3. The molecule has 0 aliphatic carbocycles. The Bertz CT molecular complexity index is 730. The highest BCUT2D eigenvalue weighted by Gasteiger charge is 2.35. The first kappa shape index (κ1) is 34.8. The molecule has 1 aromatic rings. The van der Waals surface area contributed by atoms with Crippen LogP contribution in [0.15, 0.2) is 12.1 Å². The van der Waals surface area contributed by atoms with Crippen molar-refractivity contribution in [3.8, 4) is 17.2 Å². The van der Waals surface area contributed by atoms with Crippen LogP contribution < -0.4 is 14.0 Å². The van der Waals surface area contributed by atoms with Crippen molar-refractivity contribution in [2.45, 2.75) is 136 Å². The molecule has 0 aliphatic heterocycles. The number of phosphoric acid groups is 1. The van der Waals surface area contributed by atoms with Crippen molar-refractivity contribution in [2.75, 3.05) is 27.4 Å². The van der Waals surface area contributed by atoms with E-state index in [1.807, 2.05) is 0 Å². The largest absolute Gasteiger partial charge is 0.530 e. The maximum absolute atomic E-state index is 13.2. The average Bonchev–Trinajstić information content (AvgIpc) is 2.91. The van der Waals surface area contributed by atoms with E-state index in [9.17, 15) is 4.57 Å². The fraction of sp³-hybridized carbons (Fsp3) is 0.806. The lowest BCUT2D eigenvalue weighted by Crippen LogP contribution is -2.27. The Morgan fingerprint density at radius 3 is 1.34 bits per heavy atom. The molecule has 0 radical (unpaired) electrons. The highest BCUT2D eigenvalue weighted by atomic mass is 31.2. The van der Waals surface area contributed by atoms with Gasteiger partial charge < -0.3 is 14.0 Å². The lowest BCUT2D eigenvalue weighted by Gasteiger charge is -2.36. The first-order chi connectivity index (χ1) is 18.4. The van der Waals surface area contributed by atoms with Crippen LogP contribution >= 0.6 is 7.82 Å². The molecule has 0 atom stereocenters. The highest BCUT2D eigenvalue weighted by Crippen LogP contribution is 2.55. The van der Waals surface area contributed by atoms with Crippen LogP contribution in [0.5, 0.6) is 17.2 Å². The Kier molecular flexibility index (Phi) is 18.1. The first-order valence-electron chi connectivity index (χ1n) is 15.2. The molecule has 222 valence electrons. The predicted molar refractivity (Wildman–Crippen MR) is 159 cm³/mol. The SMILES string of the molecule is CCCCCCC(CCCCCC)(CCCCCC)c1cc(OC)c(OP(=O)(OCC)OCC)c(OC)c1. The van der Waals surface area contributed by atoms with Crippen LogP contribution in [0.1, 0.15) is 136 Å². The summed E-state index contributed by atoms with van der Waals surface area (Å²) in [5, 5.41) is 0. The molecule has 0 N–H and O–H groups in total. The van der Waals surface area contributed by atoms with Crippen LogP contribution in [-0.4, -0.2) is 27.4 Å². The highest BCUT2D eigenvalue weighted by molar-refractivity contribution is 7.48. The molecule has 0 heterocycles. The van der Waals surface area contributed by atoms with Gasteiger partial charge in [0.25, 0.3) is 0 Å².